The number of ether oxygens (including phenoxy) is 1. The van der Waals surface area contributed by atoms with Crippen LogP contribution >= 0.6 is 0 Å². The third-order valence-corrected chi connectivity index (χ3v) is 1.83. The van der Waals surface area contributed by atoms with Crippen LogP contribution in [-0.2, 0) is 19.1 Å². The number of unbranched alkanes of at least 4 members (excludes halogenated alkanes) is 1. The average Bonchev–Trinajstić information content (AvgIpc) is 2.27. The highest BCUT2D eigenvalue weighted by atomic mass is 16.5. The Morgan fingerprint density at radius 3 is 2.62 bits per heavy atom. The van der Waals surface area contributed by atoms with Gasteiger partial charge in [-0.25, -0.2) is 19.4 Å². The van der Waals surface area contributed by atoms with E-state index in [9.17, 15) is 14.4 Å². The molecule has 0 amide bonds. The minimum absolute atomic E-state index is 0.249. The maximum absolute atomic E-state index is 11.3. The summed E-state index contributed by atoms with van der Waals surface area (Å²) in [5.74, 6) is -0.523. The number of nitrogens with zero attached hydrogens (tertiary/aromatic N) is 2. The topological polar surface area (TPSA) is 85.2 Å². The minimum atomic E-state index is -0.794. The molecule has 6 heteroatoms. The number of carbonyl (C=O) groups is 1. The van der Waals surface area contributed by atoms with E-state index < -0.39 is 12.0 Å². The number of isocyanates is 2. The Hall–Kier alpha value is -1.77. The molecular formula is C10H14N2O4. The first-order valence-electron chi connectivity index (χ1n) is 5.03. The monoisotopic (exact) mass is 226 g/mol. The van der Waals surface area contributed by atoms with Crippen LogP contribution in [-0.4, -0.2) is 37.3 Å². The van der Waals surface area contributed by atoms with E-state index in [0.717, 1.165) is 0 Å². The Morgan fingerprint density at radius 1 is 1.31 bits per heavy atom. The third kappa shape index (κ3) is 6.65. The molecule has 0 fully saturated rings. The van der Waals surface area contributed by atoms with Gasteiger partial charge in [0.25, 0.3) is 0 Å². The van der Waals surface area contributed by atoms with Crippen LogP contribution in [0.1, 0.15) is 26.2 Å². The normalized spacial score (nSPS) is 10.8. The first-order valence-corrected chi connectivity index (χ1v) is 5.03. The fourth-order valence-electron chi connectivity index (χ4n) is 1.11. The van der Waals surface area contributed by atoms with E-state index in [2.05, 4.69) is 9.98 Å². The molecule has 0 N–H and O–H groups in total. The summed E-state index contributed by atoms with van der Waals surface area (Å²) >= 11 is 0. The molecule has 88 valence electrons. The summed E-state index contributed by atoms with van der Waals surface area (Å²) in [5, 5.41) is 0. The highest BCUT2D eigenvalue weighted by molar-refractivity contribution is 5.76. The molecule has 1 atom stereocenters. The van der Waals surface area contributed by atoms with E-state index in [1.165, 1.54) is 12.2 Å². The van der Waals surface area contributed by atoms with Crippen molar-refractivity contribution in [1.29, 1.82) is 0 Å². The lowest BCUT2D eigenvalue weighted by Crippen LogP contribution is -2.21. The average molecular weight is 226 g/mol. The summed E-state index contributed by atoms with van der Waals surface area (Å²) in [6, 6.07) is -0.794. The van der Waals surface area contributed by atoms with Gasteiger partial charge < -0.3 is 4.74 Å². The Balaban J connectivity index is 3.98. The lowest BCUT2D eigenvalue weighted by atomic mass is 10.1. The first-order chi connectivity index (χ1) is 7.76. The van der Waals surface area contributed by atoms with Crippen molar-refractivity contribution in [2.24, 2.45) is 9.98 Å². The largest absolute Gasteiger partial charge is 0.464 e. The lowest BCUT2D eigenvalue weighted by molar-refractivity contribution is -0.144. The van der Waals surface area contributed by atoms with Crippen molar-refractivity contribution in [3.8, 4) is 0 Å². The number of aliphatic imine (C=N–C) groups is 2. The van der Waals surface area contributed by atoms with Crippen molar-refractivity contribution < 1.29 is 19.1 Å². The minimum Gasteiger partial charge on any atom is -0.464 e. The van der Waals surface area contributed by atoms with Gasteiger partial charge >= 0.3 is 5.97 Å². The summed E-state index contributed by atoms with van der Waals surface area (Å²) in [6.07, 6.45) is 4.42. The summed E-state index contributed by atoms with van der Waals surface area (Å²) < 4.78 is 4.74. The maximum atomic E-state index is 11.3. The van der Waals surface area contributed by atoms with Crippen LogP contribution in [0.5, 0.6) is 0 Å². The molecule has 0 rings (SSSR count). The molecule has 0 aliphatic carbocycles. The maximum Gasteiger partial charge on any atom is 0.331 e. The predicted octanol–water partition coefficient (Wildman–Crippen LogP) is 0.760. The van der Waals surface area contributed by atoms with Gasteiger partial charge in [-0.1, -0.05) is 0 Å². The van der Waals surface area contributed by atoms with Crippen LogP contribution in [0.4, 0.5) is 0 Å². The highest BCUT2D eigenvalue weighted by Gasteiger charge is 2.17. The van der Waals surface area contributed by atoms with E-state index in [1.807, 2.05) is 0 Å². The summed E-state index contributed by atoms with van der Waals surface area (Å²) in [6.45, 7) is 2.29. The van der Waals surface area contributed by atoms with Gasteiger partial charge in [0.05, 0.1) is 13.2 Å². The molecular weight excluding hydrogens is 212 g/mol. The summed E-state index contributed by atoms with van der Waals surface area (Å²) in [4.78, 5) is 37.9. The summed E-state index contributed by atoms with van der Waals surface area (Å²) in [7, 11) is 0. The first kappa shape index (κ1) is 14.2. The fourth-order valence-corrected chi connectivity index (χ4v) is 1.11. The Kier molecular flexibility index (Phi) is 8.69. The van der Waals surface area contributed by atoms with Gasteiger partial charge in [0, 0.05) is 0 Å². The Morgan fingerprint density at radius 2 is 2.06 bits per heavy atom. The molecule has 0 heterocycles. The van der Waals surface area contributed by atoms with Gasteiger partial charge in [-0.05, 0) is 26.2 Å². The number of hydrogen-bond donors (Lipinski definition) is 0. The van der Waals surface area contributed by atoms with Crippen molar-refractivity contribution in [1.82, 2.24) is 0 Å². The van der Waals surface area contributed by atoms with Crippen LogP contribution in [0.2, 0.25) is 0 Å². The van der Waals surface area contributed by atoms with E-state index in [4.69, 9.17) is 4.74 Å². The molecule has 0 aromatic heterocycles. The highest BCUT2D eigenvalue weighted by Crippen LogP contribution is 2.06. The second kappa shape index (κ2) is 9.77. The smallest absolute Gasteiger partial charge is 0.331 e. The molecule has 0 saturated carbocycles. The standard InChI is InChI=1S/C10H14N2O4/c1-2-16-10(15)9(12-8-14)5-3-4-6-11-7-13/h9H,2-6H2,1H3. The second-order valence-corrected chi connectivity index (χ2v) is 2.96. The molecule has 0 saturated heterocycles. The molecule has 1 unspecified atom stereocenters. The van der Waals surface area contributed by atoms with Gasteiger partial charge in [0.2, 0.25) is 12.2 Å². The van der Waals surface area contributed by atoms with E-state index in [1.54, 1.807) is 6.92 Å². The van der Waals surface area contributed by atoms with Crippen molar-refractivity contribution in [2.45, 2.75) is 32.2 Å². The molecule has 16 heavy (non-hydrogen) atoms. The third-order valence-electron chi connectivity index (χ3n) is 1.83. The lowest BCUT2D eigenvalue weighted by Gasteiger charge is -2.08. The van der Waals surface area contributed by atoms with E-state index in [0.29, 0.717) is 25.8 Å². The molecule has 0 aliphatic rings. The van der Waals surface area contributed by atoms with E-state index >= 15 is 0 Å². The number of esters is 1. The van der Waals surface area contributed by atoms with Gasteiger partial charge in [-0.2, -0.15) is 4.99 Å². The van der Waals surface area contributed by atoms with Gasteiger partial charge in [-0.15, -0.1) is 0 Å². The molecule has 0 aromatic carbocycles. The van der Waals surface area contributed by atoms with Crippen molar-refractivity contribution >= 4 is 18.1 Å². The molecule has 0 aliphatic heterocycles. The molecule has 0 aromatic rings. The zero-order valence-corrected chi connectivity index (χ0v) is 9.14. The SMILES string of the molecule is CCOC(=O)C(CCCCN=C=O)N=C=O. The number of carbonyl (C=O) groups excluding carboxylic acids is 3. The van der Waals surface area contributed by atoms with Crippen LogP contribution in [0.25, 0.3) is 0 Å². The van der Waals surface area contributed by atoms with Crippen LogP contribution in [0.15, 0.2) is 9.98 Å². The summed E-state index contributed by atoms with van der Waals surface area (Å²) in [5.41, 5.74) is 0. The zero-order valence-electron chi connectivity index (χ0n) is 9.14. The molecule has 6 nitrogen and oxygen atoms in total. The van der Waals surface area contributed by atoms with Crippen LogP contribution < -0.4 is 0 Å². The van der Waals surface area contributed by atoms with Crippen molar-refractivity contribution in [3.05, 3.63) is 0 Å². The van der Waals surface area contributed by atoms with Gasteiger partial charge in [0.1, 0.15) is 0 Å². The van der Waals surface area contributed by atoms with Gasteiger partial charge in [0.15, 0.2) is 6.04 Å². The molecule has 0 bridgehead atoms. The van der Waals surface area contributed by atoms with Gasteiger partial charge in [-0.3, -0.25) is 0 Å². The quantitative estimate of drug-likeness (QED) is 0.264. The van der Waals surface area contributed by atoms with Crippen molar-refractivity contribution in [3.63, 3.8) is 0 Å². The number of hydrogen-bond acceptors (Lipinski definition) is 6. The molecule has 0 radical (unpaired) electrons. The number of rotatable bonds is 8. The van der Waals surface area contributed by atoms with Crippen LogP contribution in [0, 0.1) is 0 Å². The second-order valence-electron chi connectivity index (χ2n) is 2.96. The Labute approximate surface area is 93.4 Å². The predicted molar refractivity (Wildman–Crippen MR) is 55.4 cm³/mol. The zero-order chi connectivity index (χ0) is 12.2. The van der Waals surface area contributed by atoms with Crippen LogP contribution in [0.3, 0.4) is 0 Å². The van der Waals surface area contributed by atoms with E-state index in [-0.39, 0.29) is 6.61 Å². The van der Waals surface area contributed by atoms with Crippen molar-refractivity contribution in [2.75, 3.05) is 13.2 Å². The fraction of sp³-hybridized carbons (Fsp3) is 0.700. The molecule has 0 spiro atoms. The Bertz CT molecular complexity index is 304.